The number of hydrogen-bond donors (Lipinski definition) is 1. The second-order valence-electron chi connectivity index (χ2n) is 4.71. The van der Waals surface area contributed by atoms with Gasteiger partial charge in [0.1, 0.15) is 0 Å². The van der Waals surface area contributed by atoms with Gasteiger partial charge in [-0.1, -0.05) is 13.8 Å². The summed E-state index contributed by atoms with van der Waals surface area (Å²) >= 11 is 0. The fourth-order valence-electron chi connectivity index (χ4n) is 2.34. The van der Waals surface area contributed by atoms with E-state index in [9.17, 15) is 0 Å². The van der Waals surface area contributed by atoms with E-state index in [1.807, 2.05) is 4.68 Å². The highest BCUT2D eigenvalue weighted by molar-refractivity contribution is 5.75. The van der Waals surface area contributed by atoms with Gasteiger partial charge in [0.15, 0.2) is 17.3 Å². The normalized spacial score (nSPS) is 10.9. The summed E-state index contributed by atoms with van der Waals surface area (Å²) in [6.07, 6.45) is 1.89. The summed E-state index contributed by atoms with van der Waals surface area (Å²) in [4.78, 5) is 0. The Hall–Kier alpha value is -2.31. The molecule has 0 radical (unpaired) electrons. The van der Waals surface area contributed by atoms with E-state index in [0.717, 1.165) is 18.4 Å². The van der Waals surface area contributed by atoms with E-state index in [4.69, 9.17) is 15.2 Å². The van der Waals surface area contributed by atoms with Crippen molar-refractivity contribution in [1.82, 2.24) is 20.2 Å². The predicted octanol–water partition coefficient (Wildman–Crippen LogP) is 2.30. The minimum atomic E-state index is 0.238. The van der Waals surface area contributed by atoms with Crippen molar-refractivity contribution in [3.8, 4) is 22.9 Å². The predicted molar refractivity (Wildman–Crippen MR) is 80.4 cm³/mol. The zero-order chi connectivity index (χ0) is 15.4. The molecule has 0 bridgehead atoms. The minimum absolute atomic E-state index is 0.238. The molecule has 114 valence electrons. The van der Waals surface area contributed by atoms with Gasteiger partial charge in [-0.25, -0.2) is 4.68 Å². The summed E-state index contributed by atoms with van der Waals surface area (Å²) in [7, 11) is 3.16. The number of rotatable bonds is 6. The van der Waals surface area contributed by atoms with Crippen LogP contribution in [0.5, 0.6) is 11.5 Å². The first kappa shape index (κ1) is 15.1. The Morgan fingerprint density at radius 3 is 2.33 bits per heavy atom. The molecule has 0 aliphatic rings. The lowest BCUT2D eigenvalue weighted by Gasteiger charge is -2.16. The SMILES string of the molecule is CCC(CC)n1nnnc1-c1cc(OC)c(OC)cc1N. The molecule has 7 heteroatoms. The molecule has 0 saturated heterocycles. The van der Waals surface area contributed by atoms with Crippen molar-refractivity contribution in [2.24, 2.45) is 0 Å². The van der Waals surface area contributed by atoms with Crippen LogP contribution in [0.4, 0.5) is 5.69 Å². The molecular weight excluding hydrogens is 270 g/mol. The largest absolute Gasteiger partial charge is 0.493 e. The van der Waals surface area contributed by atoms with Gasteiger partial charge >= 0.3 is 0 Å². The molecule has 1 aromatic carbocycles. The van der Waals surface area contributed by atoms with Crippen molar-refractivity contribution in [2.75, 3.05) is 20.0 Å². The number of aromatic nitrogens is 4. The number of ether oxygens (including phenoxy) is 2. The zero-order valence-electron chi connectivity index (χ0n) is 12.8. The minimum Gasteiger partial charge on any atom is -0.493 e. The Kier molecular flexibility index (Phi) is 4.62. The molecule has 2 rings (SSSR count). The van der Waals surface area contributed by atoms with Crippen LogP contribution in [0.25, 0.3) is 11.4 Å². The van der Waals surface area contributed by atoms with E-state index in [1.165, 1.54) is 0 Å². The molecule has 1 aromatic heterocycles. The number of methoxy groups -OCH3 is 2. The van der Waals surface area contributed by atoms with E-state index in [2.05, 4.69) is 29.4 Å². The van der Waals surface area contributed by atoms with Gasteiger partial charge in [-0.3, -0.25) is 0 Å². The number of benzene rings is 1. The summed E-state index contributed by atoms with van der Waals surface area (Å²) in [5.41, 5.74) is 7.41. The smallest absolute Gasteiger partial charge is 0.184 e. The van der Waals surface area contributed by atoms with E-state index in [1.54, 1.807) is 26.4 Å². The molecule has 2 aromatic rings. The van der Waals surface area contributed by atoms with Gasteiger partial charge in [-0.15, -0.1) is 5.10 Å². The van der Waals surface area contributed by atoms with Crippen molar-refractivity contribution in [3.05, 3.63) is 12.1 Å². The maximum absolute atomic E-state index is 6.12. The van der Waals surface area contributed by atoms with Crippen LogP contribution in [-0.4, -0.2) is 34.4 Å². The third kappa shape index (κ3) is 2.76. The van der Waals surface area contributed by atoms with Gasteiger partial charge < -0.3 is 15.2 Å². The Morgan fingerprint density at radius 1 is 1.14 bits per heavy atom. The highest BCUT2D eigenvalue weighted by Crippen LogP contribution is 2.37. The molecular formula is C14H21N5O2. The number of nitrogens with zero attached hydrogens (tertiary/aromatic N) is 4. The molecule has 0 spiro atoms. The molecule has 0 saturated carbocycles. The quantitative estimate of drug-likeness (QED) is 0.822. The molecule has 0 aliphatic carbocycles. The van der Waals surface area contributed by atoms with Crippen LogP contribution in [0.2, 0.25) is 0 Å². The molecule has 0 atom stereocenters. The van der Waals surface area contributed by atoms with E-state index in [-0.39, 0.29) is 6.04 Å². The lowest BCUT2D eigenvalue weighted by atomic mass is 10.1. The van der Waals surface area contributed by atoms with Crippen LogP contribution >= 0.6 is 0 Å². The van der Waals surface area contributed by atoms with Gasteiger partial charge in [-0.2, -0.15) is 0 Å². The second-order valence-corrected chi connectivity index (χ2v) is 4.71. The fraction of sp³-hybridized carbons (Fsp3) is 0.500. The van der Waals surface area contributed by atoms with Crippen LogP contribution in [0, 0.1) is 0 Å². The van der Waals surface area contributed by atoms with Gasteiger partial charge in [0.25, 0.3) is 0 Å². The number of tetrazole rings is 1. The lowest BCUT2D eigenvalue weighted by molar-refractivity contribution is 0.355. The number of nitrogens with two attached hydrogens (primary N) is 1. The maximum atomic E-state index is 6.12. The number of hydrogen-bond acceptors (Lipinski definition) is 6. The van der Waals surface area contributed by atoms with Crippen LogP contribution in [-0.2, 0) is 0 Å². The van der Waals surface area contributed by atoms with E-state index in [0.29, 0.717) is 23.0 Å². The Labute approximate surface area is 124 Å². The van der Waals surface area contributed by atoms with Crippen molar-refractivity contribution >= 4 is 5.69 Å². The topological polar surface area (TPSA) is 88.1 Å². The Bertz CT molecular complexity index is 607. The Morgan fingerprint density at radius 2 is 1.76 bits per heavy atom. The van der Waals surface area contributed by atoms with Crippen molar-refractivity contribution in [2.45, 2.75) is 32.7 Å². The molecule has 2 N–H and O–H groups in total. The van der Waals surface area contributed by atoms with Gasteiger partial charge in [-0.05, 0) is 29.3 Å². The fourth-order valence-corrected chi connectivity index (χ4v) is 2.34. The number of nitrogen functional groups attached to an aromatic ring is 1. The lowest BCUT2D eigenvalue weighted by Crippen LogP contribution is -2.11. The summed E-state index contributed by atoms with van der Waals surface area (Å²) in [5, 5.41) is 12.0. The molecule has 0 fully saturated rings. The Balaban J connectivity index is 2.55. The van der Waals surface area contributed by atoms with Crippen LogP contribution in [0.15, 0.2) is 12.1 Å². The first-order valence-corrected chi connectivity index (χ1v) is 6.95. The van der Waals surface area contributed by atoms with Crippen molar-refractivity contribution in [3.63, 3.8) is 0 Å². The van der Waals surface area contributed by atoms with Crippen LogP contribution < -0.4 is 15.2 Å². The van der Waals surface area contributed by atoms with Crippen LogP contribution in [0.3, 0.4) is 0 Å². The average Bonchev–Trinajstić information content (AvgIpc) is 2.97. The van der Waals surface area contributed by atoms with Gasteiger partial charge in [0.05, 0.1) is 20.3 Å². The third-order valence-corrected chi connectivity index (χ3v) is 3.58. The first-order valence-electron chi connectivity index (χ1n) is 6.95. The molecule has 0 unspecified atom stereocenters. The molecule has 7 nitrogen and oxygen atoms in total. The van der Waals surface area contributed by atoms with E-state index < -0.39 is 0 Å². The molecule has 1 heterocycles. The first-order chi connectivity index (χ1) is 10.2. The average molecular weight is 291 g/mol. The standard InChI is InChI=1S/C14H21N5O2/c1-5-9(6-2)19-14(16-17-18-19)10-7-12(20-3)13(21-4)8-11(10)15/h7-9H,5-6,15H2,1-4H3. The summed E-state index contributed by atoms with van der Waals surface area (Å²) < 4.78 is 12.4. The van der Waals surface area contributed by atoms with E-state index >= 15 is 0 Å². The molecule has 0 aliphatic heterocycles. The number of anilines is 1. The van der Waals surface area contributed by atoms with Crippen molar-refractivity contribution in [1.29, 1.82) is 0 Å². The zero-order valence-corrected chi connectivity index (χ0v) is 12.8. The summed E-state index contributed by atoms with van der Waals surface area (Å²) in [6, 6.07) is 3.77. The van der Waals surface area contributed by atoms with Gasteiger partial charge in [0, 0.05) is 17.3 Å². The highest BCUT2D eigenvalue weighted by atomic mass is 16.5. The highest BCUT2D eigenvalue weighted by Gasteiger charge is 2.19. The second kappa shape index (κ2) is 6.43. The monoisotopic (exact) mass is 291 g/mol. The third-order valence-electron chi connectivity index (χ3n) is 3.58. The summed E-state index contributed by atoms with van der Waals surface area (Å²) in [5.74, 6) is 1.82. The maximum Gasteiger partial charge on any atom is 0.184 e. The van der Waals surface area contributed by atoms with Crippen molar-refractivity contribution < 1.29 is 9.47 Å². The molecule has 21 heavy (non-hydrogen) atoms. The van der Waals surface area contributed by atoms with Gasteiger partial charge in [0.2, 0.25) is 0 Å². The summed E-state index contributed by atoms with van der Waals surface area (Å²) in [6.45, 7) is 4.22. The molecule has 0 amide bonds. The van der Waals surface area contributed by atoms with Crippen LogP contribution in [0.1, 0.15) is 32.7 Å².